The molecule has 0 amide bonds. The number of carboxylic acids is 1. The zero-order valence-electron chi connectivity index (χ0n) is 12.8. The second-order valence-corrected chi connectivity index (χ2v) is 5.74. The molecule has 0 saturated carbocycles. The molecule has 0 aromatic heterocycles. The van der Waals surface area contributed by atoms with Crippen molar-refractivity contribution in [1.82, 2.24) is 0 Å². The number of hydrogen-bond donors (Lipinski definition) is 4. The molecule has 0 heterocycles. The molecule has 1 aliphatic rings. The Hall–Kier alpha value is -2.43. The molecule has 0 fully saturated rings. The highest BCUT2D eigenvalue weighted by Crippen LogP contribution is 2.34. The predicted molar refractivity (Wildman–Crippen MR) is 82.1 cm³/mol. The molecule has 0 aliphatic heterocycles. The Kier molecular flexibility index (Phi) is 4.17. The van der Waals surface area contributed by atoms with Crippen LogP contribution in [-0.4, -0.2) is 26.4 Å². The second-order valence-electron chi connectivity index (χ2n) is 5.74. The minimum absolute atomic E-state index is 0.164. The third-order valence-corrected chi connectivity index (χ3v) is 4.36. The fourth-order valence-corrected chi connectivity index (χ4v) is 2.89. The smallest absolute Gasteiger partial charge is 0.335 e. The van der Waals surface area contributed by atoms with E-state index < -0.39 is 17.6 Å². The Balaban J connectivity index is 2.42. The molecule has 118 valence electrons. The van der Waals surface area contributed by atoms with Gasteiger partial charge in [0.05, 0.1) is 5.57 Å². The lowest BCUT2D eigenvalue weighted by atomic mass is 9.82. The number of aliphatic hydroxyl groups excluding tert-OH is 2. The minimum Gasteiger partial charge on any atom is -0.507 e. The summed E-state index contributed by atoms with van der Waals surface area (Å²) in [6.07, 6.45) is 2.20. The van der Waals surface area contributed by atoms with Gasteiger partial charge in [0, 0.05) is 5.92 Å². The molecule has 4 N–H and O–H groups in total. The van der Waals surface area contributed by atoms with E-state index in [4.69, 9.17) is 0 Å². The van der Waals surface area contributed by atoms with Gasteiger partial charge in [-0.25, -0.2) is 4.79 Å². The summed E-state index contributed by atoms with van der Waals surface area (Å²) in [6.45, 7) is 5.49. The van der Waals surface area contributed by atoms with E-state index in [2.05, 4.69) is 0 Å². The summed E-state index contributed by atoms with van der Waals surface area (Å²) in [5, 5.41) is 38.6. The number of hydrogen-bond acceptors (Lipinski definition) is 4. The third kappa shape index (κ3) is 2.66. The van der Waals surface area contributed by atoms with Crippen molar-refractivity contribution in [1.29, 1.82) is 0 Å². The third-order valence-electron chi connectivity index (χ3n) is 4.36. The summed E-state index contributed by atoms with van der Waals surface area (Å²) in [5.74, 6) is -2.35. The van der Waals surface area contributed by atoms with Gasteiger partial charge in [-0.05, 0) is 61.9 Å². The second kappa shape index (κ2) is 5.75. The minimum atomic E-state index is -1.23. The first-order valence-electron chi connectivity index (χ1n) is 7.08. The highest BCUT2D eigenvalue weighted by molar-refractivity contribution is 5.89. The molecular formula is C17H20O5. The number of phenols is 1. The van der Waals surface area contributed by atoms with Gasteiger partial charge >= 0.3 is 5.97 Å². The molecule has 1 aliphatic carbocycles. The van der Waals surface area contributed by atoms with Crippen LogP contribution in [0.3, 0.4) is 0 Å². The normalized spacial score (nSPS) is 18.3. The number of phenolic OH excluding ortho intramolecular Hbond substituents is 1. The summed E-state index contributed by atoms with van der Waals surface area (Å²) in [4.78, 5) is 11.4. The monoisotopic (exact) mass is 304 g/mol. The van der Waals surface area contributed by atoms with Crippen molar-refractivity contribution in [2.24, 2.45) is 5.92 Å². The van der Waals surface area contributed by atoms with Crippen LogP contribution < -0.4 is 0 Å². The molecule has 0 bridgehead atoms. The number of aliphatic carboxylic acids is 1. The first kappa shape index (κ1) is 15.9. The number of benzene rings is 1. The first-order chi connectivity index (χ1) is 10.2. The quantitative estimate of drug-likeness (QED) is 0.687. The number of carboxylic acid groups (broad SMARTS) is 1. The molecule has 0 saturated heterocycles. The fraction of sp³-hybridized carbons (Fsp3) is 0.353. The Morgan fingerprint density at radius 2 is 1.82 bits per heavy atom. The Morgan fingerprint density at radius 1 is 1.18 bits per heavy atom. The van der Waals surface area contributed by atoms with Crippen molar-refractivity contribution in [3.63, 3.8) is 0 Å². The maximum absolute atomic E-state index is 11.4. The molecule has 0 spiro atoms. The zero-order valence-corrected chi connectivity index (χ0v) is 12.8. The highest BCUT2D eigenvalue weighted by atomic mass is 16.4. The number of aromatic hydroxyl groups is 1. The van der Waals surface area contributed by atoms with Crippen LogP contribution in [0.2, 0.25) is 0 Å². The van der Waals surface area contributed by atoms with E-state index in [1.54, 1.807) is 6.92 Å². The average Bonchev–Trinajstić information content (AvgIpc) is 2.46. The van der Waals surface area contributed by atoms with Crippen LogP contribution >= 0.6 is 0 Å². The maximum atomic E-state index is 11.4. The number of aryl methyl sites for hydroxylation is 1. The van der Waals surface area contributed by atoms with Crippen molar-refractivity contribution < 1.29 is 25.2 Å². The fourth-order valence-electron chi connectivity index (χ4n) is 2.89. The lowest BCUT2D eigenvalue weighted by Gasteiger charge is -2.23. The summed E-state index contributed by atoms with van der Waals surface area (Å²) in [5.41, 5.74) is 3.18. The molecule has 2 rings (SSSR count). The van der Waals surface area contributed by atoms with Gasteiger partial charge in [-0.2, -0.15) is 0 Å². The average molecular weight is 304 g/mol. The molecule has 1 aromatic rings. The Labute approximate surface area is 128 Å². The van der Waals surface area contributed by atoms with Gasteiger partial charge in [-0.1, -0.05) is 6.07 Å². The van der Waals surface area contributed by atoms with Crippen LogP contribution in [0.25, 0.3) is 0 Å². The van der Waals surface area contributed by atoms with E-state index in [-0.39, 0.29) is 17.1 Å². The van der Waals surface area contributed by atoms with Crippen molar-refractivity contribution in [3.05, 3.63) is 51.5 Å². The number of carbonyl (C=O) groups is 1. The lowest BCUT2D eigenvalue weighted by molar-refractivity contribution is -0.133. The number of rotatable bonds is 3. The molecule has 1 unspecified atom stereocenters. The SMILES string of the molecule is Cc1cc(CC2CC=C(O)C(O)=C2C(=O)O)c(C)c(C)c1O. The highest BCUT2D eigenvalue weighted by Gasteiger charge is 2.30. The van der Waals surface area contributed by atoms with Crippen LogP contribution in [0.4, 0.5) is 0 Å². The van der Waals surface area contributed by atoms with E-state index in [0.29, 0.717) is 12.8 Å². The lowest BCUT2D eigenvalue weighted by Crippen LogP contribution is -2.21. The predicted octanol–water partition coefficient (Wildman–Crippen LogP) is 3.22. The standard InChI is InChI=1S/C17H20O5/c1-8-6-12(9(2)10(3)15(8)19)7-11-4-5-13(18)16(20)14(11)17(21)22/h5-6,11,18-20H,4,7H2,1-3H3,(H,21,22). The topological polar surface area (TPSA) is 98.0 Å². The van der Waals surface area contributed by atoms with Gasteiger partial charge in [0.2, 0.25) is 0 Å². The van der Waals surface area contributed by atoms with Crippen molar-refractivity contribution in [2.45, 2.75) is 33.6 Å². The van der Waals surface area contributed by atoms with Gasteiger partial charge in [0.25, 0.3) is 0 Å². The van der Waals surface area contributed by atoms with Gasteiger partial charge in [-0.3, -0.25) is 0 Å². The molecule has 1 aromatic carbocycles. The van der Waals surface area contributed by atoms with Crippen LogP contribution in [0, 0.1) is 26.7 Å². The Bertz CT molecular complexity index is 697. The molecule has 1 atom stereocenters. The number of aliphatic hydroxyl groups is 2. The van der Waals surface area contributed by atoms with Crippen molar-refractivity contribution in [3.8, 4) is 5.75 Å². The summed E-state index contributed by atoms with van der Waals surface area (Å²) < 4.78 is 0. The number of allylic oxidation sites excluding steroid dienone is 1. The van der Waals surface area contributed by atoms with E-state index >= 15 is 0 Å². The summed E-state index contributed by atoms with van der Waals surface area (Å²) >= 11 is 0. The van der Waals surface area contributed by atoms with E-state index in [9.17, 15) is 25.2 Å². The van der Waals surface area contributed by atoms with Crippen molar-refractivity contribution >= 4 is 5.97 Å². The summed E-state index contributed by atoms with van der Waals surface area (Å²) in [7, 11) is 0. The molecule has 5 heteroatoms. The molecule has 5 nitrogen and oxygen atoms in total. The van der Waals surface area contributed by atoms with E-state index in [1.165, 1.54) is 6.08 Å². The molecule has 22 heavy (non-hydrogen) atoms. The summed E-state index contributed by atoms with van der Waals surface area (Å²) in [6, 6.07) is 1.84. The van der Waals surface area contributed by atoms with Gasteiger partial charge in [0.1, 0.15) is 5.75 Å². The van der Waals surface area contributed by atoms with Gasteiger partial charge in [-0.15, -0.1) is 0 Å². The van der Waals surface area contributed by atoms with E-state index in [0.717, 1.165) is 22.3 Å². The van der Waals surface area contributed by atoms with E-state index in [1.807, 2.05) is 19.9 Å². The molecular weight excluding hydrogens is 284 g/mol. The molecule has 0 radical (unpaired) electrons. The van der Waals surface area contributed by atoms with Crippen LogP contribution in [0.5, 0.6) is 5.75 Å². The van der Waals surface area contributed by atoms with Crippen LogP contribution in [-0.2, 0) is 11.2 Å². The largest absolute Gasteiger partial charge is 0.507 e. The zero-order chi connectivity index (χ0) is 16.6. The van der Waals surface area contributed by atoms with Gasteiger partial charge < -0.3 is 20.4 Å². The van der Waals surface area contributed by atoms with Crippen LogP contribution in [0.15, 0.2) is 29.2 Å². The van der Waals surface area contributed by atoms with Crippen molar-refractivity contribution in [2.75, 3.05) is 0 Å². The van der Waals surface area contributed by atoms with Gasteiger partial charge in [0.15, 0.2) is 11.5 Å². The maximum Gasteiger partial charge on any atom is 0.335 e. The Morgan fingerprint density at radius 3 is 2.41 bits per heavy atom. The van der Waals surface area contributed by atoms with Crippen LogP contribution in [0.1, 0.15) is 28.7 Å². The first-order valence-corrected chi connectivity index (χ1v) is 7.08.